The Labute approximate surface area is 165 Å². The van der Waals surface area contributed by atoms with Gasteiger partial charge in [0.2, 0.25) is 0 Å². The summed E-state index contributed by atoms with van der Waals surface area (Å²) in [5, 5.41) is 11.4. The Balaban J connectivity index is 1.70. The number of furan rings is 1. The number of carbonyl (C=O) groups is 3. The number of hydrogen-bond acceptors (Lipinski definition) is 5. The van der Waals surface area contributed by atoms with Crippen LogP contribution in [0.2, 0.25) is 0 Å². The van der Waals surface area contributed by atoms with E-state index in [-0.39, 0.29) is 11.3 Å². The normalized spacial score (nSPS) is 15.3. The molecule has 2 aromatic carbocycles. The number of nitrogens with one attached hydrogen (secondary N) is 1. The van der Waals surface area contributed by atoms with Crippen LogP contribution in [-0.2, 0) is 9.59 Å². The number of imide groups is 2. The van der Waals surface area contributed by atoms with Crippen LogP contribution in [0, 0.1) is 11.3 Å². The van der Waals surface area contributed by atoms with Crippen LogP contribution >= 0.6 is 0 Å². The van der Waals surface area contributed by atoms with Gasteiger partial charge in [-0.15, -0.1) is 0 Å². The average Bonchev–Trinajstić information content (AvgIpc) is 3.20. The van der Waals surface area contributed by atoms with Crippen LogP contribution in [0.25, 0.3) is 17.4 Å². The van der Waals surface area contributed by atoms with E-state index in [9.17, 15) is 19.6 Å². The number of nitriles is 1. The first-order chi connectivity index (χ1) is 14.1. The third-order valence-electron chi connectivity index (χ3n) is 4.34. The zero-order chi connectivity index (χ0) is 20.4. The second-order valence-corrected chi connectivity index (χ2v) is 6.15. The van der Waals surface area contributed by atoms with E-state index >= 15 is 0 Å². The molecule has 0 unspecified atom stereocenters. The Hall–Kier alpha value is -4.44. The fourth-order valence-electron chi connectivity index (χ4n) is 2.98. The average molecular weight is 383 g/mol. The van der Waals surface area contributed by atoms with E-state index in [1.165, 1.54) is 6.08 Å². The second-order valence-electron chi connectivity index (χ2n) is 6.15. The summed E-state index contributed by atoms with van der Waals surface area (Å²) in [5.74, 6) is -0.884. The maximum atomic E-state index is 12.8. The lowest BCUT2D eigenvalue weighted by molar-refractivity contribution is -0.122. The molecule has 1 saturated heterocycles. The lowest BCUT2D eigenvalue weighted by Gasteiger charge is -2.26. The Kier molecular flexibility index (Phi) is 4.51. The van der Waals surface area contributed by atoms with Gasteiger partial charge in [0.15, 0.2) is 0 Å². The number of carbonyl (C=O) groups excluding carboxylic acids is 3. The Morgan fingerprint density at radius 1 is 0.931 bits per heavy atom. The Morgan fingerprint density at radius 2 is 1.66 bits per heavy atom. The first-order valence-electron chi connectivity index (χ1n) is 8.64. The van der Waals surface area contributed by atoms with Gasteiger partial charge in [-0.3, -0.25) is 14.9 Å². The molecule has 29 heavy (non-hydrogen) atoms. The summed E-state index contributed by atoms with van der Waals surface area (Å²) in [7, 11) is 0. The summed E-state index contributed by atoms with van der Waals surface area (Å²) in [4.78, 5) is 38.1. The summed E-state index contributed by atoms with van der Waals surface area (Å²) >= 11 is 0. The fraction of sp³-hybridized carbons (Fsp3) is 0. The van der Waals surface area contributed by atoms with Gasteiger partial charge in [0, 0.05) is 5.56 Å². The molecule has 140 valence electrons. The van der Waals surface area contributed by atoms with E-state index in [0.717, 1.165) is 4.90 Å². The van der Waals surface area contributed by atoms with Crippen molar-refractivity contribution in [2.24, 2.45) is 0 Å². The molecular weight excluding hydrogens is 370 g/mol. The molecule has 4 amide bonds. The van der Waals surface area contributed by atoms with Gasteiger partial charge in [-0.25, -0.2) is 9.69 Å². The van der Waals surface area contributed by atoms with Crippen molar-refractivity contribution < 1.29 is 18.8 Å². The van der Waals surface area contributed by atoms with Crippen LogP contribution in [0.4, 0.5) is 10.5 Å². The Bertz CT molecular complexity index is 1200. The van der Waals surface area contributed by atoms with Gasteiger partial charge in [-0.05, 0) is 42.5 Å². The number of benzene rings is 2. The van der Waals surface area contributed by atoms with Crippen LogP contribution in [0.1, 0.15) is 11.3 Å². The van der Waals surface area contributed by atoms with E-state index in [2.05, 4.69) is 11.4 Å². The summed E-state index contributed by atoms with van der Waals surface area (Å²) in [6.45, 7) is 0. The molecular formula is C22H13N3O4. The van der Waals surface area contributed by atoms with E-state index in [1.807, 2.05) is 0 Å². The standard InChI is InChI=1S/C22H13N3O4/c23-13-14-6-4-5-9-17(14)19-11-10-16(29-19)12-18-20(26)24-22(28)25(21(18)27)15-7-2-1-3-8-15/h1-12H,(H,24,26,28). The SMILES string of the molecule is N#Cc1ccccc1-c1ccc(C=C2C(=O)NC(=O)N(c3ccccc3)C2=O)o1. The van der Waals surface area contributed by atoms with Crippen LogP contribution in [0.5, 0.6) is 0 Å². The molecule has 0 aliphatic carbocycles. The molecule has 1 aromatic heterocycles. The number of para-hydroxylation sites is 1. The smallest absolute Gasteiger partial charge is 0.335 e. The Morgan fingerprint density at radius 3 is 2.41 bits per heavy atom. The maximum Gasteiger partial charge on any atom is 0.335 e. The quantitative estimate of drug-likeness (QED) is 0.551. The topological polar surface area (TPSA) is 103 Å². The third-order valence-corrected chi connectivity index (χ3v) is 4.34. The van der Waals surface area contributed by atoms with Crippen molar-refractivity contribution >= 4 is 29.6 Å². The molecule has 1 N–H and O–H groups in total. The first kappa shape index (κ1) is 17.9. The van der Waals surface area contributed by atoms with E-state index in [0.29, 0.717) is 22.6 Å². The molecule has 4 rings (SSSR count). The summed E-state index contributed by atoms with van der Waals surface area (Å²) in [6, 6.07) is 19.7. The molecule has 1 aliphatic rings. The third kappa shape index (κ3) is 3.31. The zero-order valence-corrected chi connectivity index (χ0v) is 15.0. The molecule has 0 saturated carbocycles. The minimum absolute atomic E-state index is 0.233. The number of nitrogens with zero attached hydrogens (tertiary/aromatic N) is 2. The van der Waals surface area contributed by atoms with Crippen molar-refractivity contribution in [3.05, 3.63) is 83.6 Å². The highest BCUT2D eigenvalue weighted by Gasteiger charge is 2.36. The molecule has 1 aliphatic heterocycles. The van der Waals surface area contributed by atoms with E-state index in [1.54, 1.807) is 66.7 Å². The minimum Gasteiger partial charge on any atom is -0.457 e. The predicted molar refractivity (Wildman–Crippen MR) is 104 cm³/mol. The van der Waals surface area contributed by atoms with Crippen LogP contribution in [-0.4, -0.2) is 17.8 Å². The molecule has 2 heterocycles. The van der Waals surface area contributed by atoms with E-state index < -0.39 is 17.8 Å². The number of urea groups is 1. The molecule has 0 bridgehead atoms. The number of barbiturate groups is 1. The van der Waals surface area contributed by atoms with Crippen molar-refractivity contribution in [3.63, 3.8) is 0 Å². The van der Waals surface area contributed by atoms with Gasteiger partial charge in [0.05, 0.1) is 17.3 Å². The predicted octanol–water partition coefficient (Wildman–Crippen LogP) is 3.48. The summed E-state index contributed by atoms with van der Waals surface area (Å²) in [6.07, 6.45) is 1.28. The highest BCUT2D eigenvalue weighted by Crippen LogP contribution is 2.27. The monoisotopic (exact) mass is 383 g/mol. The molecule has 0 radical (unpaired) electrons. The van der Waals surface area contributed by atoms with Gasteiger partial charge >= 0.3 is 6.03 Å². The number of anilines is 1. The number of rotatable bonds is 3. The van der Waals surface area contributed by atoms with Gasteiger partial charge in [0.1, 0.15) is 17.1 Å². The zero-order valence-electron chi connectivity index (χ0n) is 15.0. The molecule has 1 fully saturated rings. The highest BCUT2D eigenvalue weighted by atomic mass is 16.3. The molecule has 3 aromatic rings. The van der Waals surface area contributed by atoms with Crippen molar-refractivity contribution in [2.45, 2.75) is 0 Å². The lowest BCUT2D eigenvalue weighted by Crippen LogP contribution is -2.54. The van der Waals surface area contributed by atoms with Crippen LogP contribution < -0.4 is 10.2 Å². The molecule has 7 heteroatoms. The highest BCUT2D eigenvalue weighted by molar-refractivity contribution is 6.39. The molecule has 0 atom stereocenters. The van der Waals surface area contributed by atoms with Crippen LogP contribution in [0.3, 0.4) is 0 Å². The van der Waals surface area contributed by atoms with Gasteiger partial charge in [-0.2, -0.15) is 5.26 Å². The van der Waals surface area contributed by atoms with Gasteiger partial charge < -0.3 is 4.42 Å². The van der Waals surface area contributed by atoms with Crippen LogP contribution in [0.15, 0.2) is 76.7 Å². The first-order valence-corrected chi connectivity index (χ1v) is 8.64. The van der Waals surface area contributed by atoms with Crippen molar-refractivity contribution in [2.75, 3.05) is 4.90 Å². The van der Waals surface area contributed by atoms with Crippen molar-refractivity contribution in [3.8, 4) is 17.4 Å². The minimum atomic E-state index is -0.813. The van der Waals surface area contributed by atoms with E-state index in [4.69, 9.17) is 4.42 Å². The van der Waals surface area contributed by atoms with Gasteiger partial charge in [0.25, 0.3) is 11.8 Å². The van der Waals surface area contributed by atoms with Gasteiger partial charge in [-0.1, -0.05) is 30.3 Å². The second kappa shape index (κ2) is 7.29. The summed E-state index contributed by atoms with van der Waals surface area (Å²) < 4.78 is 5.72. The number of hydrogen-bond donors (Lipinski definition) is 1. The maximum absolute atomic E-state index is 12.8. The summed E-state index contributed by atoms with van der Waals surface area (Å²) in [5.41, 5.74) is 1.15. The van der Waals surface area contributed by atoms with Crippen molar-refractivity contribution in [1.82, 2.24) is 5.32 Å². The van der Waals surface area contributed by atoms with Crippen molar-refractivity contribution in [1.29, 1.82) is 5.26 Å². The largest absolute Gasteiger partial charge is 0.457 e. The fourth-order valence-corrected chi connectivity index (χ4v) is 2.98. The molecule has 7 nitrogen and oxygen atoms in total. The molecule has 0 spiro atoms. The number of amides is 4. The lowest BCUT2D eigenvalue weighted by atomic mass is 10.1.